The Labute approximate surface area is 96.3 Å². The van der Waals surface area contributed by atoms with E-state index < -0.39 is 0 Å². The number of rotatable bonds is 3. The molecule has 1 saturated heterocycles. The Morgan fingerprint density at radius 3 is 2.62 bits per heavy atom. The first-order valence-electron chi connectivity index (χ1n) is 5.86. The lowest BCUT2D eigenvalue weighted by atomic mass is 10.00. The summed E-state index contributed by atoms with van der Waals surface area (Å²) in [5, 5.41) is 19.0. The van der Waals surface area contributed by atoms with E-state index in [4.69, 9.17) is 0 Å². The average molecular weight is 221 g/mol. The van der Waals surface area contributed by atoms with Gasteiger partial charge in [0.25, 0.3) is 0 Å². The van der Waals surface area contributed by atoms with Gasteiger partial charge in [0.15, 0.2) is 0 Å². The van der Waals surface area contributed by atoms with Crippen LogP contribution in [0.25, 0.3) is 0 Å². The third kappa shape index (κ3) is 2.82. The minimum absolute atomic E-state index is 0.180. The lowest BCUT2D eigenvalue weighted by Gasteiger charge is -2.37. The van der Waals surface area contributed by atoms with E-state index in [1.807, 2.05) is 18.2 Å². The van der Waals surface area contributed by atoms with Crippen molar-refractivity contribution in [1.82, 2.24) is 4.90 Å². The molecule has 16 heavy (non-hydrogen) atoms. The molecule has 2 atom stereocenters. The number of nitrogens with zero attached hydrogens (tertiary/aromatic N) is 1. The molecule has 0 saturated carbocycles. The van der Waals surface area contributed by atoms with Crippen LogP contribution in [0.5, 0.6) is 0 Å². The van der Waals surface area contributed by atoms with E-state index in [0.717, 1.165) is 19.4 Å². The van der Waals surface area contributed by atoms with Gasteiger partial charge in [-0.2, -0.15) is 0 Å². The van der Waals surface area contributed by atoms with E-state index in [1.165, 1.54) is 5.56 Å². The van der Waals surface area contributed by atoms with Gasteiger partial charge >= 0.3 is 0 Å². The Hall–Kier alpha value is -0.900. The number of hydrogen-bond acceptors (Lipinski definition) is 3. The molecule has 1 aliphatic heterocycles. The maximum absolute atomic E-state index is 9.65. The maximum Gasteiger partial charge on any atom is 0.0668 e. The van der Waals surface area contributed by atoms with E-state index in [1.54, 1.807) is 0 Å². The van der Waals surface area contributed by atoms with Crippen LogP contribution in [0, 0.1) is 0 Å². The molecular weight excluding hydrogens is 202 g/mol. The van der Waals surface area contributed by atoms with Gasteiger partial charge in [-0.05, 0) is 18.4 Å². The lowest BCUT2D eigenvalue weighted by Crippen LogP contribution is -2.46. The van der Waals surface area contributed by atoms with Crippen molar-refractivity contribution >= 4 is 0 Å². The largest absolute Gasteiger partial charge is 0.395 e. The molecule has 2 rings (SSSR count). The topological polar surface area (TPSA) is 43.7 Å². The lowest BCUT2D eigenvalue weighted by molar-refractivity contribution is 0.00940. The predicted octanol–water partition coefficient (Wildman–Crippen LogP) is 1.00. The zero-order valence-corrected chi connectivity index (χ0v) is 9.42. The highest BCUT2D eigenvalue weighted by Gasteiger charge is 2.26. The van der Waals surface area contributed by atoms with Crippen LogP contribution in [0.15, 0.2) is 30.3 Å². The maximum atomic E-state index is 9.65. The van der Waals surface area contributed by atoms with Crippen molar-refractivity contribution < 1.29 is 10.2 Å². The molecule has 3 nitrogen and oxygen atoms in total. The Bertz CT molecular complexity index is 315. The number of β-amino-alcohol motifs (C(OH)–C–C–N with tert-alkyl or cyclic N) is 1. The van der Waals surface area contributed by atoms with Crippen LogP contribution in [0.2, 0.25) is 0 Å². The summed E-state index contributed by atoms with van der Waals surface area (Å²) < 4.78 is 0. The molecule has 88 valence electrons. The van der Waals surface area contributed by atoms with Gasteiger partial charge in [0.2, 0.25) is 0 Å². The van der Waals surface area contributed by atoms with E-state index in [0.29, 0.717) is 6.54 Å². The number of aliphatic hydroxyl groups excluding tert-OH is 2. The zero-order chi connectivity index (χ0) is 11.4. The van der Waals surface area contributed by atoms with E-state index in [-0.39, 0.29) is 18.8 Å². The molecule has 0 aliphatic carbocycles. The van der Waals surface area contributed by atoms with Crippen molar-refractivity contribution in [3.63, 3.8) is 0 Å². The number of hydrogen-bond donors (Lipinski definition) is 2. The van der Waals surface area contributed by atoms with Crippen molar-refractivity contribution in [2.45, 2.75) is 31.5 Å². The molecule has 0 bridgehead atoms. The summed E-state index contributed by atoms with van der Waals surface area (Å²) in [5.41, 5.74) is 1.23. The predicted molar refractivity (Wildman–Crippen MR) is 63.0 cm³/mol. The van der Waals surface area contributed by atoms with Crippen molar-refractivity contribution in [1.29, 1.82) is 0 Å². The molecule has 1 aromatic rings. The molecule has 0 amide bonds. The summed E-state index contributed by atoms with van der Waals surface area (Å²) in [6, 6.07) is 10.4. The standard InChI is InChI=1S/C13H19NO2/c15-10-12-6-7-13(16)9-14(12)8-11-4-2-1-3-5-11/h1-5,12-13,15-16H,6-10H2. The summed E-state index contributed by atoms with van der Waals surface area (Å²) >= 11 is 0. The second kappa shape index (κ2) is 5.43. The number of piperidine rings is 1. The first-order chi connectivity index (χ1) is 7.79. The molecule has 1 aliphatic rings. The average Bonchev–Trinajstić information content (AvgIpc) is 2.31. The molecule has 1 heterocycles. The number of likely N-dealkylation sites (tertiary alicyclic amines) is 1. The second-order valence-electron chi connectivity index (χ2n) is 4.48. The molecule has 0 aromatic heterocycles. The molecule has 0 radical (unpaired) electrons. The third-order valence-electron chi connectivity index (χ3n) is 3.23. The van der Waals surface area contributed by atoms with Crippen LogP contribution in [-0.2, 0) is 6.54 Å². The van der Waals surface area contributed by atoms with Gasteiger partial charge in [-0.25, -0.2) is 0 Å². The fourth-order valence-corrected chi connectivity index (χ4v) is 2.30. The Balaban J connectivity index is 2.01. The van der Waals surface area contributed by atoms with Gasteiger partial charge in [-0.15, -0.1) is 0 Å². The van der Waals surface area contributed by atoms with Crippen molar-refractivity contribution in [3.05, 3.63) is 35.9 Å². The summed E-state index contributed by atoms with van der Waals surface area (Å²) in [7, 11) is 0. The normalized spacial score (nSPS) is 26.9. The van der Waals surface area contributed by atoms with Gasteiger partial charge in [0.05, 0.1) is 12.7 Å². The first kappa shape index (κ1) is 11.6. The highest BCUT2D eigenvalue weighted by Crippen LogP contribution is 2.19. The Morgan fingerprint density at radius 1 is 1.19 bits per heavy atom. The van der Waals surface area contributed by atoms with Gasteiger partial charge in [0.1, 0.15) is 0 Å². The molecule has 2 N–H and O–H groups in total. The first-order valence-corrected chi connectivity index (χ1v) is 5.86. The van der Waals surface area contributed by atoms with E-state index in [9.17, 15) is 10.2 Å². The molecule has 1 fully saturated rings. The highest BCUT2D eigenvalue weighted by atomic mass is 16.3. The summed E-state index contributed by atoms with van der Waals surface area (Å²) in [5.74, 6) is 0. The second-order valence-corrected chi connectivity index (χ2v) is 4.48. The van der Waals surface area contributed by atoms with Crippen LogP contribution in [0.4, 0.5) is 0 Å². The highest BCUT2D eigenvalue weighted by molar-refractivity contribution is 5.14. The smallest absolute Gasteiger partial charge is 0.0668 e. The number of aliphatic hydroxyl groups is 2. The van der Waals surface area contributed by atoms with Crippen LogP contribution >= 0.6 is 0 Å². The fourth-order valence-electron chi connectivity index (χ4n) is 2.30. The SMILES string of the molecule is OCC1CCC(O)CN1Cc1ccccc1. The Kier molecular flexibility index (Phi) is 3.93. The van der Waals surface area contributed by atoms with Gasteiger partial charge in [-0.3, -0.25) is 4.90 Å². The Morgan fingerprint density at radius 2 is 1.94 bits per heavy atom. The number of benzene rings is 1. The fraction of sp³-hybridized carbons (Fsp3) is 0.538. The minimum Gasteiger partial charge on any atom is -0.395 e. The van der Waals surface area contributed by atoms with Gasteiger partial charge < -0.3 is 10.2 Å². The summed E-state index contributed by atoms with van der Waals surface area (Å²) in [6.07, 6.45) is 1.44. The summed E-state index contributed by atoms with van der Waals surface area (Å²) in [4.78, 5) is 2.17. The quantitative estimate of drug-likeness (QED) is 0.800. The molecular formula is C13H19NO2. The van der Waals surface area contributed by atoms with Gasteiger partial charge in [0, 0.05) is 19.1 Å². The monoisotopic (exact) mass is 221 g/mol. The molecule has 3 heteroatoms. The van der Waals surface area contributed by atoms with E-state index >= 15 is 0 Å². The van der Waals surface area contributed by atoms with Crippen molar-refractivity contribution in [3.8, 4) is 0 Å². The summed E-state index contributed by atoms with van der Waals surface area (Å²) in [6.45, 7) is 1.66. The van der Waals surface area contributed by atoms with Crippen molar-refractivity contribution in [2.24, 2.45) is 0 Å². The van der Waals surface area contributed by atoms with Crippen LogP contribution in [0.1, 0.15) is 18.4 Å². The van der Waals surface area contributed by atoms with Crippen LogP contribution in [0.3, 0.4) is 0 Å². The van der Waals surface area contributed by atoms with Gasteiger partial charge in [-0.1, -0.05) is 30.3 Å². The third-order valence-corrected chi connectivity index (χ3v) is 3.23. The van der Waals surface area contributed by atoms with Crippen LogP contribution < -0.4 is 0 Å². The van der Waals surface area contributed by atoms with Crippen LogP contribution in [-0.4, -0.2) is 40.4 Å². The zero-order valence-electron chi connectivity index (χ0n) is 9.42. The van der Waals surface area contributed by atoms with Crippen molar-refractivity contribution in [2.75, 3.05) is 13.2 Å². The molecule has 0 spiro atoms. The minimum atomic E-state index is -0.244. The molecule has 1 aromatic carbocycles. The molecule has 2 unspecified atom stereocenters. The van der Waals surface area contributed by atoms with E-state index in [2.05, 4.69) is 17.0 Å².